The molecule has 5 nitrogen and oxygen atoms in total. The summed E-state index contributed by atoms with van der Waals surface area (Å²) in [6.45, 7) is 6.38. The number of rotatable bonds is 8. The Morgan fingerprint density at radius 2 is 1.97 bits per heavy atom. The second kappa shape index (κ2) is 10.3. The number of likely N-dealkylation sites (tertiary alicyclic amines) is 1. The molecular formula is C22H31FN4OS. The largest absolute Gasteiger partial charge is 0.337 e. The van der Waals surface area contributed by atoms with E-state index < -0.39 is 0 Å². The lowest BCUT2D eigenvalue weighted by Crippen LogP contribution is -2.44. The molecule has 2 heterocycles. The van der Waals surface area contributed by atoms with Crippen LogP contribution in [0.25, 0.3) is 0 Å². The topological polar surface area (TPSA) is 39.7 Å². The van der Waals surface area contributed by atoms with Crippen molar-refractivity contribution in [3.05, 3.63) is 51.7 Å². The number of benzene rings is 1. The van der Waals surface area contributed by atoms with Gasteiger partial charge in [-0.15, -0.1) is 11.3 Å². The predicted molar refractivity (Wildman–Crippen MR) is 115 cm³/mol. The molecule has 2 aromatic rings. The molecule has 0 aliphatic carbocycles. The Hall–Kier alpha value is -1.83. The highest BCUT2D eigenvalue weighted by atomic mass is 32.1. The number of carbonyl (C=O) groups is 1. The van der Waals surface area contributed by atoms with E-state index in [0.717, 1.165) is 49.7 Å². The van der Waals surface area contributed by atoms with E-state index in [0.29, 0.717) is 18.7 Å². The highest BCUT2D eigenvalue weighted by molar-refractivity contribution is 7.09. The van der Waals surface area contributed by atoms with Gasteiger partial charge in [0.1, 0.15) is 5.82 Å². The lowest BCUT2D eigenvalue weighted by molar-refractivity contribution is -0.138. The number of carbonyl (C=O) groups excluding carboxylic acids is 1. The zero-order valence-corrected chi connectivity index (χ0v) is 18.4. The Kier molecular flexibility index (Phi) is 7.75. The maximum atomic E-state index is 14.2. The van der Waals surface area contributed by atoms with Crippen LogP contribution in [-0.4, -0.2) is 65.9 Å². The fraction of sp³-hybridized carbons (Fsp3) is 0.545. The summed E-state index contributed by atoms with van der Waals surface area (Å²) in [5, 5.41) is 3.21. The van der Waals surface area contributed by atoms with Crippen LogP contribution in [0.2, 0.25) is 0 Å². The average molecular weight is 419 g/mol. The number of halogens is 1. The van der Waals surface area contributed by atoms with E-state index >= 15 is 0 Å². The molecule has 158 valence electrons. The van der Waals surface area contributed by atoms with Gasteiger partial charge in [0.05, 0.1) is 10.7 Å². The molecule has 29 heavy (non-hydrogen) atoms. The van der Waals surface area contributed by atoms with Crippen LogP contribution in [0.15, 0.2) is 29.6 Å². The highest BCUT2D eigenvalue weighted by Gasteiger charge is 2.29. The van der Waals surface area contributed by atoms with Crippen molar-refractivity contribution in [2.45, 2.75) is 32.9 Å². The molecule has 7 heteroatoms. The molecule has 1 aromatic carbocycles. The minimum absolute atomic E-state index is 0.0114. The van der Waals surface area contributed by atoms with Gasteiger partial charge >= 0.3 is 0 Å². The number of hydrogen-bond acceptors (Lipinski definition) is 5. The van der Waals surface area contributed by atoms with Crippen molar-refractivity contribution in [3.8, 4) is 0 Å². The Labute approximate surface area is 177 Å². The van der Waals surface area contributed by atoms with Crippen LogP contribution in [-0.2, 0) is 17.9 Å². The first kappa shape index (κ1) is 21.9. The molecule has 0 radical (unpaired) electrons. The smallest absolute Gasteiger partial charge is 0.226 e. The van der Waals surface area contributed by atoms with Crippen molar-refractivity contribution in [2.75, 3.05) is 40.3 Å². The molecule has 1 aliphatic heterocycles. The minimum atomic E-state index is -0.247. The molecule has 1 amide bonds. The Bertz CT molecular complexity index is 802. The number of thiazole rings is 1. The third kappa shape index (κ3) is 6.32. The van der Waals surface area contributed by atoms with Gasteiger partial charge < -0.3 is 9.80 Å². The van der Waals surface area contributed by atoms with Gasteiger partial charge in [0.25, 0.3) is 0 Å². The van der Waals surface area contributed by atoms with Crippen molar-refractivity contribution in [3.63, 3.8) is 0 Å². The normalized spacial score (nSPS) is 15.8. The minimum Gasteiger partial charge on any atom is -0.337 e. The fourth-order valence-corrected chi connectivity index (χ4v) is 4.33. The van der Waals surface area contributed by atoms with Crippen molar-refractivity contribution in [2.24, 2.45) is 5.92 Å². The highest BCUT2D eigenvalue weighted by Crippen LogP contribution is 2.23. The molecule has 0 spiro atoms. The van der Waals surface area contributed by atoms with Gasteiger partial charge in [0, 0.05) is 43.0 Å². The van der Waals surface area contributed by atoms with Gasteiger partial charge in [-0.2, -0.15) is 0 Å². The van der Waals surface area contributed by atoms with Crippen LogP contribution in [0.4, 0.5) is 4.39 Å². The van der Waals surface area contributed by atoms with E-state index in [-0.39, 0.29) is 17.6 Å². The second-order valence-electron chi connectivity index (χ2n) is 8.06. The molecule has 1 aromatic heterocycles. The maximum Gasteiger partial charge on any atom is 0.226 e. The van der Waals surface area contributed by atoms with E-state index in [1.807, 2.05) is 32.0 Å². The number of nitrogens with zero attached hydrogens (tertiary/aromatic N) is 4. The number of aromatic nitrogens is 1. The Morgan fingerprint density at radius 1 is 1.24 bits per heavy atom. The molecule has 0 saturated carbocycles. The number of piperidine rings is 1. The number of hydrogen-bond donors (Lipinski definition) is 0. The summed E-state index contributed by atoms with van der Waals surface area (Å²) in [5.74, 6) is -0.0832. The standard InChI is InChI=1S/C22H31FN4OS/c1-17-24-20(16-29-17)15-26-10-8-18(9-11-26)22(28)27(13-12-25(2)3)14-19-6-4-5-7-21(19)23/h4-7,16,18H,8-15H2,1-3H3. The molecule has 1 fully saturated rings. The first-order valence-corrected chi connectivity index (χ1v) is 11.1. The van der Waals surface area contributed by atoms with Crippen LogP contribution in [0, 0.1) is 18.7 Å². The zero-order valence-electron chi connectivity index (χ0n) is 17.6. The Balaban J connectivity index is 1.59. The van der Waals surface area contributed by atoms with E-state index in [1.165, 1.54) is 6.07 Å². The molecule has 0 unspecified atom stereocenters. The van der Waals surface area contributed by atoms with Crippen LogP contribution >= 0.6 is 11.3 Å². The van der Waals surface area contributed by atoms with Gasteiger partial charge in [0.15, 0.2) is 0 Å². The molecular weight excluding hydrogens is 387 g/mol. The second-order valence-corrected chi connectivity index (χ2v) is 9.12. The monoisotopic (exact) mass is 418 g/mol. The number of aryl methyl sites for hydroxylation is 1. The van der Waals surface area contributed by atoms with Gasteiger partial charge in [0.2, 0.25) is 5.91 Å². The van der Waals surface area contributed by atoms with Crippen LogP contribution in [0.3, 0.4) is 0 Å². The van der Waals surface area contributed by atoms with Gasteiger partial charge in [-0.05, 0) is 53.0 Å². The van der Waals surface area contributed by atoms with Crippen molar-refractivity contribution >= 4 is 17.2 Å². The lowest BCUT2D eigenvalue weighted by atomic mass is 9.95. The van der Waals surface area contributed by atoms with Gasteiger partial charge in [-0.25, -0.2) is 9.37 Å². The summed E-state index contributed by atoms with van der Waals surface area (Å²) in [5.41, 5.74) is 1.69. The molecule has 0 bridgehead atoms. The van der Waals surface area contributed by atoms with Crippen molar-refractivity contribution in [1.29, 1.82) is 0 Å². The van der Waals surface area contributed by atoms with Crippen molar-refractivity contribution in [1.82, 2.24) is 19.7 Å². The van der Waals surface area contributed by atoms with E-state index in [9.17, 15) is 9.18 Å². The summed E-state index contributed by atoms with van der Waals surface area (Å²) < 4.78 is 14.2. The summed E-state index contributed by atoms with van der Waals surface area (Å²) in [7, 11) is 3.98. The summed E-state index contributed by atoms with van der Waals surface area (Å²) in [6.07, 6.45) is 1.69. The summed E-state index contributed by atoms with van der Waals surface area (Å²) >= 11 is 1.68. The van der Waals surface area contributed by atoms with Crippen LogP contribution in [0.5, 0.6) is 0 Å². The van der Waals surface area contributed by atoms with Crippen LogP contribution in [0.1, 0.15) is 29.1 Å². The first-order chi connectivity index (χ1) is 13.9. The van der Waals surface area contributed by atoms with E-state index in [1.54, 1.807) is 23.5 Å². The third-order valence-electron chi connectivity index (χ3n) is 5.44. The zero-order chi connectivity index (χ0) is 20.8. The number of likely N-dealkylation sites (N-methyl/N-ethyl adjacent to an activating group) is 1. The number of amides is 1. The van der Waals surface area contributed by atoms with Crippen molar-refractivity contribution < 1.29 is 9.18 Å². The lowest BCUT2D eigenvalue weighted by Gasteiger charge is -2.34. The third-order valence-corrected chi connectivity index (χ3v) is 6.26. The SMILES string of the molecule is Cc1nc(CN2CCC(C(=O)N(CCN(C)C)Cc3ccccc3F)CC2)cs1. The molecule has 0 atom stereocenters. The molecule has 1 aliphatic rings. The van der Waals surface area contributed by atoms with Gasteiger partial charge in [-0.3, -0.25) is 9.69 Å². The van der Waals surface area contributed by atoms with Gasteiger partial charge in [-0.1, -0.05) is 18.2 Å². The fourth-order valence-electron chi connectivity index (χ4n) is 3.73. The summed E-state index contributed by atoms with van der Waals surface area (Å²) in [4.78, 5) is 24.1. The predicted octanol–water partition coefficient (Wildman–Crippen LogP) is 3.39. The van der Waals surface area contributed by atoms with E-state index in [2.05, 4.69) is 20.2 Å². The van der Waals surface area contributed by atoms with E-state index in [4.69, 9.17) is 0 Å². The Morgan fingerprint density at radius 3 is 2.59 bits per heavy atom. The average Bonchev–Trinajstić information content (AvgIpc) is 3.11. The maximum absolute atomic E-state index is 14.2. The first-order valence-electron chi connectivity index (χ1n) is 10.2. The quantitative estimate of drug-likeness (QED) is 0.659. The summed E-state index contributed by atoms with van der Waals surface area (Å²) in [6, 6.07) is 6.74. The molecule has 0 N–H and O–H groups in total. The van der Waals surface area contributed by atoms with Crippen LogP contribution < -0.4 is 0 Å². The molecule has 1 saturated heterocycles. The molecule has 3 rings (SSSR count).